The average molecular weight is 445 g/mol. The number of ketones is 1. The molecule has 0 bridgehead atoms. The number of Topliss-reactive ketones (excluding diaryl/α,β-unsaturated/α-hetero) is 1. The largest absolute Gasteiger partial charge is 0.396 e. The summed E-state index contributed by atoms with van der Waals surface area (Å²) in [7, 11) is 0. The molecule has 0 aromatic carbocycles. The lowest BCUT2D eigenvalue weighted by Crippen LogP contribution is -2.70. The maximum atomic E-state index is 12.7. The van der Waals surface area contributed by atoms with Crippen molar-refractivity contribution in [1.29, 1.82) is 0 Å². The number of carbonyl (C=O) groups is 1. The zero-order chi connectivity index (χ0) is 23.4. The number of aliphatic hydroxyl groups is 2. The van der Waals surface area contributed by atoms with E-state index in [0.29, 0.717) is 35.4 Å². The molecule has 0 spiro atoms. The zero-order valence-electron chi connectivity index (χ0n) is 21.6. The van der Waals surface area contributed by atoms with E-state index < -0.39 is 5.60 Å². The fraction of sp³-hybridized carbons (Fsp3) is 0.966. The van der Waals surface area contributed by atoms with E-state index in [-0.39, 0.29) is 34.2 Å². The molecule has 0 aromatic rings. The molecule has 0 unspecified atom stereocenters. The molecule has 5 saturated carbocycles. The maximum absolute atomic E-state index is 12.7. The lowest BCUT2D eigenvalue weighted by atomic mass is 9.31. The lowest BCUT2D eigenvalue weighted by Gasteiger charge is -2.74. The Morgan fingerprint density at radius 3 is 2.12 bits per heavy atom. The SMILES string of the molecule is C[C@H]1C(=O)CC[C@H]2[C@]1(C)CC[C@@H]1[C@@]2(CO)CC[C@@]2(C)[C@@H]3CC(C)(C)CC[C@]3(O)CC[C@]12C. The van der Waals surface area contributed by atoms with Gasteiger partial charge in [-0.05, 0) is 104 Å². The Morgan fingerprint density at radius 2 is 1.44 bits per heavy atom. The summed E-state index contributed by atoms with van der Waals surface area (Å²) in [4.78, 5) is 12.7. The minimum Gasteiger partial charge on any atom is -0.396 e. The van der Waals surface area contributed by atoms with Crippen LogP contribution in [0.2, 0.25) is 0 Å². The first kappa shape index (κ1) is 23.3. The molecule has 0 amide bonds. The van der Waals surface area contributed by atoms with Crippen molar-refractivity contribution in [2.75, 3.05) is 6.61 Å². The van der Waals surface area contributed by atoms with Gasteiger partial charge in [-0.15, -0.1) is 0 Å². The second-order valence-electron chi connectivity index (χ2n) is 14.6. The standard InChI is InChI=1S/C29H48O3/c1-19-20(31)7-8-21-25(19,4)10-9-22-26(5)13-16-29(32)15-11-24(2,3)17-23(29)27(26,6)12-14-28(21,22)18-30/h19,21-23,30,32H,7-18H2,1-6H3/t19-,21-,22-,23-,25+,26+,27-,28+,29-/m0/s1. The summed E-state index contributed by atoms with van der Waals surface area (Å²) in [5.41, 5.74) is 0.0257. The second kappa shape index (κ2) is 6.84. The molecular formula is C29H48O3. The van der Waals surface area contributed by atoms with Gasteiger partial charge in [0.05, 0.1) is 5.60 Å². The molecule has 3 nitrogen and oxygen atoms in total. The van der Waals surface area contributed by atoms with Crippen molar-refractivity contribution in [1.82, 2.24) is 0 Å². The Balaban J connectivity index is 1.57. The van der Waals surface area contributed by atoms with Crippen LogP contribution in [-0.2, 0) is 4.79 Å². The summed E-state index contributed by atoms with van der Waals surface area (Å²) in [5, 5.41) is 23.0. The van der Waals surface area contributed by atoms with E-state index in [1.165, 1.54) is 0 Å². The van der Waals surface area contributed by atoms with Crippen LogP contribution in [0.5, 0.6) is 0 Å². The molecule has 0 saturated heterocycles. The molecule has 3 heteroatoms. The van der Waals surface area contributed by atoms with Crippen molar-refractivity contribution in [2.45, 2.75) is 118 Å². The normalized spacial score (nSPS) is 57.1. The molecule has 5 aliphatic rings. The highest BCUT2D eigenvalue weighted by Crippen LogP contribution is 2.77. The molecule has 2 N–H and O–H groups in total. The van der Waals surface area contributed by atoms with E-state index in [9.17, 15) is 15.0 Å². The molecule has 0 aliphatic heterocycles. The van der Waals surface area contributed by atoms with Crippen LogP contribution in [0.1, 0.15) is 112 Å². The van der Waals surface area contributed by atoms with Crippen molar-refractivity contribution >= 4 is 5.78 Å². The van der Waals surface area contributed by atoms with Gasteiger partial charge in [0.15, 0.2) is 0 Å². The van der Waals surface area contributed by atoms with E-state index in [1.54, 1.807) is 0 Å². The van der Waals surface area contributed by atoms with Gasteiger partial charge >= 0.3 is 0 Å². The van der Waals surface area contributed by atoms with Gasteiger partial charge < -0.3 is 10.2 Å². The number of carbonyl (C=O) groups excluding carboxylic acids is 1. The van der Waals surface area contributed by atoms with Crippen LogP contribution in [0.4, 0.5) is 0 Å². The van der Waals surface area contributed by atoms with Gasteiger partial charge in [0, 0.05) is 24.4 Å². The monoisotopic (exact) mass is 444 g/mol. The Morgan fingerprint density at radius 1 is 0.812 bits per heavy atom. The van der Waals surface area contributed by atoms with E-state index >= 15 is 0 Å². The van der Waals surface area contributed by atoms with Gasteiger partial charge in [0.1, 0.15) is 5.78 Å². The third kappa shape index (κ3) is 2.70. The minimum atomic E-state index is -0.502. The molecular weight excluding hydrogens is 396 g/mol. The Bertz CT molecular complexity index is 804. The van der Waals surface area contributed by atoms with Gasteiger partial charge in [0.2, 0.25) is 0 Å². The van der Waals surface area contributed by atoms with Crippen molar-refractivity contribution in [3.8, 4) is 0 Å². The highest BCUT2D eigenvalue weighted by molar-refractivity contribution is 5.82. The summed E-state index contributed by atoms with van der Waals surface area (Å²) < 4.78 is 0. The van der Waals surface area contributed by atoms with E-state index in [1.807, 2.05) is 0 Å². The molecule has 0 radical (unpaired) electrons. The molecule has 5 fully saturated rings. The molecule has 0 heterocycles. The zero-order valence-corrected chi connectivity index (χ0v) is 21.6. The quantitative estimate of drug-likeness (QED) is 0.510. The average Bonchev–Trinajstić information content (AvgIpc) is 2.74. The lowest BCUT2D eigenvalue weighted by molar-refractivity contribution is -0.282. The van der Waals surface area contributed by atoms with Crippen LogP contribution in [0.3, 0.4) is 0 Å². The number of rotatable bonds is 1. The number of aliphatic hydroxyl groups excluding tert-OH is 1. The molecule has 5 rings (SSSR count). The smallest absolute Gasteiger partial charge is 0.136 e. The Labute approximate surface area is 196 Å². The van der Waals surface area contributed by atoms with Gasteiger partial charge in [-0.2, -0.15) is 0 Å². The van der Waals surface area contributed by atoms with Crippen molar-refractivity contribution < 1.29 is 15.0 Å². The predicted molar refractivity (Wildman–Crippen MR) is 128 cm³/mol. The summed E-state index contributed by atoms with van der Waals surface area (Å²) >= 11 is 0. The number of fused-ring (bicyclic) bond motifs is 7. The van der Waals surface area contributed by atoms with Crippen molar-refractivity contribution in [2.24, 2.45) is 50.7 Å². The van der Waals surface area contributed by atoms with E-state index in [2.05, 4.69) is 41.5 Å². The van der Waals surface area contributed by atoms with Gasteiger partial charge in [-0.1, -0.05) is 41.5 Å². The highest BCUT2D eigenvalue weighted by Gasteiger charge is 2.72. The van der Waals surface area contributed by atoms with E-state index in [0.717, 1.165) is 64.2 Å². The van der Waals surface area contributed by atoms with E-state index in [4.69, 9.17) is 0 Å². The van der Waals surface area contributed by atoms with Crippen molar-refractivity contribution in [3.05, 3.63) is 0 Å². The van der Waals surface area contributed by atoms with Crippen LogP contribution >= 0.6 is 0 Å². The van der Waals surface area contributed by atoms with Gasteiger partial charge in [0.25, 0.3) is 0 Å². The van der Waals surface area contributed by atoms with Crippen LogP contribution in [0.25, 0.3) is 0 Å². The summed E-state index contributed by atoms with van der Waals surface area (Å²) in [5.74, 6) is 1.84. The third-order valence-corrected chi connectivity index (χ3v) is 13.3. The third-order valence-electron chi connectivity index (χ3n) is 13.3. The van der Waals surface area contributed by atoms with Crippen LogP contribution in [0, 0.1) is 50.7 Å². The summed E-state index contributed by atoms with van der Waals surface area (Å²) in [6.07, 6.45) is 11.3. The molecule has 182 valence electrons. The molecule has 0 aromatic heterocycles. The number of hydrogen-bond acceptors (Lipinski definition) is 3. The summed E-state index contributed by atoms with van der Waals surface area (Å²) in [6, 6.07) is 0. The first-order valence-corrected chi connectivity index (χ1v) is 13.6. The topological polar surface area (TPSA) is 57.5 Å². The van der Waals surface area contributed by atoms with Crippen LogP contribution < -0.4 is 0 Å². The predicted octanol–water partition coefficient (Wildman–Crippen LogP) is 6.15. The Hall–Kier alpha value is -0.410. The fourth-order valence-corrected chi connectivity index (χ4v) is 10.8. The van der Waals surface area contributed by atoms with Crippen molar-refractivity contribution in [3.63, 3.8) is 0 Å². The molecule has 5 aliphatic carbocycles. The fourth-order valence-electron chi connectivity index (χ4n) is 10.8. The summed E-state index contributed by atoms with van der Waals surface area (Å²) in [6.45, 7) is 14.7. The highest BCUT2D eigenvalue weighted by atomic mass is 16.3. The van der Waals surface area contributed by atoms with Gasteiger partial charge in [-0.25, -0.2) is 0 Å². The molecule has 9 atom stereocenters. The second-order valence-corrected chi connectivity index (χ2v) is 14.6. The number of hydrogen-bond donors (Lipinski definition) is 2. The first-order valence-electron chi connectivity index (χ1n) is 13.6. The van der Waals surface area contributed by atoms with Crippen LogP contribution in [0.15, 0.2) is 0 Å². The van der Waals surface area contributed by atoms with Gasteiger partial charge in [-0.3, -0.25) is 4.79 Å². The Kier molecular flexibility index (Phi) is 4.99. The minimum absolute atomic E-state index is 0.0287. The van der Waals surface area contributed by atoms with Crippen LogP contribution in [-0.4, -0.2) is 28.2 Å². The first-order chi connectivity index (χ1) is 14.8. The molecule has 32 heavy (non-hydrogen) atoms. The maximum Gasteiger partial charge on any atom is 0.136 e.